The number of benzene rings is 6. The number of nitrogens with zero attached hydrogens (tertiary/aromatic N) is 2. The maximum absolute atomic E-state index is 13.8. The monoisotopic (exact) mass is 1490 g/mol. The molecule has 2 saturated heterocycles. The lowest BCUT2D eigenvalue weighted by Gasteiger charge is -2.25. The molecule has 6 aromatic carbocycles. The van der Waals surface area contributed by atoms with Gasteiger partial charge in [-0.1, -0.05) is 137 Å². The first kappa shape index (κ1) is 82.9. The van der Waals surface area contributed by atoms with Gasteiger partial charge in [-0.15, -0.1) is 23.5 Å². The maximum Gasteiger partial charge on any atom is 0.323 e. The number of carbonyl (C=O) groups excluding carboxylic acids is 5. The molecule has 8 rings (SSSR count). The predicted molar refractivity (Wildman–Crippen MR) is 379 cm³/mol. The van der Waals surface area contributed by atoms with Gasteiger partial charge in [0, 0.05) is 37.4 Å². The van der Waals surface area contributed by atoms with Gasteiger partial charge in [0.15, 0.2) is 11.6 Å². The van der Waals surface area contributed by atoms with E-state index in [1.54, 1.807) is 93.6 Å². The number of sulfonamides is 2. The van der Waals surface area contributed by atoms with Gasteiger partial charge in [0.25, 0.3) is 20.2 Å². The number of halogens is 2. The van der Waals surface area contributed by atoms with E-state index in [1.165, 1.54) is 56.4 Å². The molecule has 0 spiro atoms. The summed E-state index contributed by atoms with van der Waals surface area (Å²) in [5, 5.41) is -1.80. The summed E-state index contributed by atoms with van der Waals surface area (Å²) in [5.41, 5.74) is 10.3. The molecule has 0 radical (unpaired) electrons. The summed E-state index contributed by atoms with van der Waals surface area (Å²) >= 11 is 2.56. The summed E-state index contributed by atoms with van der Waals surface area (Å²) in [6.07, 6.45) is 1.83. The molecule has 2 aliphatic rings. The number of ketones is 2. The van der Waals surface area contributed by atoms with Gasteiger partial charge < -0.3 is 19.9 Å². The molecule has 0 saturated carbocycles. The summed E-state index contributed by atoms with van der Waals surface area (Å²) in [6.45, 7) is 13.0. The minimum atomic E-state index is -3.97. The van der Waals surface area contributed by atoms with Crippen LogP contribution in [0.25, 0.3) is 22.3 Å². The van der Waals surface area contributed by atoms with Crippen LogP contribution in [0, 0.1) is 29.4 Å². The van der Waals surface area contributed by atoms with E-state index in [9.17, 15) is 66.4 Å². The number of carbonyl (C=O) groups is 5. The highest BCUT2D eigenvalue weighted by molar-refractivity contribution is 8.02. The van der Waals surface area contributed by atoms with Crippen molar-refractivity contribution in [3.05, 3.63) is 180 Å². The van der Waals surface area contributed by atoms with E-state index in [1.807, 2.05) is 88.4 Å². The van der Waals surface area contributed by atoms with E-state index in [0.29, 0.717) is 41.6 Å². The van der Waals surface area contributed by atoms with Gasteiger partial charge in [0.1, 0.15) is 34.0 Å². The Balaban J connectivity index is 0.000000317. The van der Waals surface area contributed by atoms with E-state index < -0.39 is 110 Å². The summed E-state index contributed by atoms with van der Waals surface area (Å²) in [5.74, 6) is -3.82. The summed E-state index contributed by atoms with van der Waals surface area (Å²) in [6, 6.07) is 43.4. The van der Waals surface area contributed by atoms with Crippen molar-refractivity contribution in [3.8, 4) is 22.3 Å². The van der Waals surface area contributed by atoms with Crippen LogP contribution in [0.5, 0.6) is 0 Å². The maximum atomic E-state index is 13.8. The van der Waals surface area contributed by atoms with Crippen LogP contribution in [-0.4, -0.2) is 154 Å². The van der Waals surface area contributed by atoms with E-state index in [-0.39, 0.29) is 85.2 Å². The quantitative estimate of drug-likeness (QED) is 0.0258. The van der Waals surface area contributed by atoms with Crippen molar-refractivity contribution in [2.45, 2.75) is 125 Å². The van der Waals surface area contributed by atoms with Crippen molar-refractivity contribution in [2.24, 2.45) is 23.5 Å². The molecular weight excluding hydrogens is 1400 g/mol. The van der Waals surface area contributed by atoms with Crippen molar-refractivity contribution in [1.29, 1.82) is 0 Å². The number of esters is 3. The van der Waals surface area contributed by atoms with Crippen LogP contribution in [0.3, 0.4) is 0 Å². The molecule has 0 unspecified atom stereocenters. The zero-order valence-corrected chi connectivity index (χ0v) is 61.4. The zero-order valence-electron chi connectivity index (χ0n) is 56.5. The minimum Gasteiger partial charge on any atom is -0.465 e. The third-order valence-corrected chi connectivity index (χ3v) is 21.8. The molecule has 540 valence electrons. The van der Waals surface area contributed by atoms with E-state index >= 15 is 0 Å². The predicted octanol–water partition coefficient (Wildman–Crippen LogP) is 11.5. The Labute approximate surface area is 588 Å². The number of nitrogens with two attached hydrogens (primary N) is 1. The van der Waals surface area contributed by atoms with Crippen molar-refractivity contribution in [3.63, 3.8) is 0 Å². The topological polar surface area (TPSA) is 323 Å². The van der Waals surface area contributed by atoms with Crippen LogP contribution in [0.1, 0.15) is 104 Å². The molecule has 2 fully saturated rings. The first-order chi connectivity index (χ1) is 46.2. The lowest BCUT2D eigenvalue weighted by atomic mass is 9.90. The SMILES string of the molecule is CC(C)[C@H](CC(=O)OC(C)(C)C)C(=O)OCC[C@H](CC(=O)[C@@H]1SCCN1S(=O)(=O)c1ccc(-c2ccccc2)cc1)c1ccc(F)cc1.CC(C)[C@H](N)C(=O)OCC[C@H](CC(=O)[C@@H]1SCCN1S(=O)(=O)c1ccc(-c2ccccc2)cc1)c1ccc(F)cc1.CS(=O)(=O)O.CS(=O)(=O)O. The summed E-state index contributed by atoms with van der Waals surface area (Å²) < 4.78 is 153. The van der Waals surface area contributed by atoms with Gasteiger partial charge in [-0.2, -0.15) is 25.4 Å². The van der Waals surface area contributed by atoms with Gasteiger partial charge in [-0.25, -0.2) is 25.6 Å². The summed E-state index contributed by atoms with van der Waals surface area (Å²) in [4.78, 5) is 65.3. The third-order valence-electron chi connectivity index (χ3n) is 15.3. The number of rotatable bonds is 26. The van der Waals surface area contributed by atoms with Crippen LogP contribution >= 0.6 is 23.5 Å². The molecule has 2 heterocycles. The van der Waals surface area contributed by atoms with Crippen LogP contribution in [0.4, 0.5) is 8.78 Å². The Morgan fingerprint density at radius 3 is 1.17 bits per heavy atom. The van der Waals surface area contributed by atoms with Crippen LogP contribution < -0.4 is 5.73 Å². The molecule has 21 nitrogen and oxygen atoms in total. The van der Waals surface area contributed by atoms with Crippen LogP contribution in [-0.2, 0) is 78.5 Å². The zero-order chi connectivity index (χ0) is 73.6. The third kappa shape index (κ3) is 27.6. The fourth-order valence-electron chi connectivity index (χ4n) is 10.2. The highest BCUT2D eigenvalue weighted by Gasteiger charge is 2.42. The van der Waals surface area contributed by atoms with Crippen molar-refractivity contribution in [2.75, 3.05) is 50.3 Å². The molecule has 0 bridgehead atoms. The van der Waals surface area contributed by atoms with Crippen molar-refractivity contribution >= 4 is 93.3 Å². The van der Waals surface area contributed by atoms with Gasteiger partial charge in [0.2, 0.25) is 20.0 Å². The average molecular weight is 1490 g/mol. The first-order valence-electron chi connectivity index (χ1n) is 31.5. The largest absolute Gasteiger partial charge is 0.465 e. The van der Waals surface area contributed by atoms with Gasteiger partial charge in [-0.3, -0.25) is 33.1 Å². The molecule has 29 heteroatoms. The fourth-order valence-corrected chi connectivity index (χ4v) is 16.6. The Morgan fingerprint density at radius 1 is 0.515 bits per heavy atom. The number of ether oxygens (including phenoxy) is 3. The minimum absolute atomic E-state index is 0.00997. The molecule has 6 atom stereocenters. The molecule has 4 N–H and O–H groups in total. The Kier molecular flexibility index (Phi) is 31.6. The second kappa shape index (κ2) is 37.8. The molecule has 99 heavy (non-hydrogen) atoms. The average Bonchev–Trinajstić information content (AvgIpc) is 1.74. The molecule has 0 amide bonds. The smallest absolute Gasteiger partial charge is 0.323 e. The highest BCUT2D eigenvalue weighted by atomic mass is 32.2. The second-order valence-corrected chi connectivity index (χ2v) is 34.2. The van der Waals surface area contributed by atoms with Crippen molar-refractivity contribution < 1.29 is 89.7 Å². The van der Waals surface area contributed by atoms with E-state index in [0.717, 1.165) is 22.3 Å². The highest BCUT2D eigenvalue weighted by Crippen LogP contribution is 2.38. The lowest BCUT2D eigenvalue weighted by molar-refractivity contribution is -0.163. The summed E-state index contributed by atoms with van der Waals surface area (Å²) in [7, 11) is -15.2. The van der Waals surface area contributed by atoms with Gasteiger partial charge >= 0.3 is 17.9 Å². The van der Waals surface area contributed by atoms with E-state index in [2.05, 4.69) is 0 Å². The fraction of sp³-hybridized carbons (Fsp3) is 0.414. The Hall–Kier alpha value is -6.77. The molecule has 0 aliphatic carbocycles. The first-order valence-corrected chi connectivity index (χ1v) is 40.2. The number of hydrogen-bond acceptors (Lipinski definition) is 19. The molecule has 0 aromatic heterocycles. The van der Waals surface area contributed by atoms with Gasteiger partial charge in [0.05, 0.1) is 47.9 Å². The normalized spacial score (nSPS) is 16.5. The lowest BCUT2D eigenvalue weighted by Crippen LogP contribution is -2.40. The van der Waals surface area contributed by atoms with Crippen LogP contribution in [0.15, 0.2) is 168 Å². The van der Waals surface area contributed by atoms with E-state index in [4.69, 9.17) is 29.0 Å². The second-order valence-electron chi connectivity index (χ2n) is 25.1. The van der Waals surface area contributed by atoms with Crippen molar-refractivity contribution in [1.82, 2.24) is 8.61 Å². The number of thioether (sulfide) groups is 2. The standard InChI is InChI=1S/C37H44FNO7S2.C31H35FN2O5S2.2CH4O3S/c1-25(2)32(24-34(41)46-37(3,4)5)36(42)45-21-19-29(28-11-15-30(38)16-12-28)23-33(40)35-39(20-22-47-35)48(43,44)31-17-13-27(14-18-31)26-9-7-6-8-10-26;1-21(2)29(33)31(36)39-18-16-25(24-8-12-26(32)13-9-24)20-28(35)30-34(17-19-40-30)41(37,38)27-14-10-23(11-15-27)22-6-4-3-5-7-22;2*1-5(2,3)4/h6-18,25,29,32,35H,19-24H2,1-5H3;3-15,21,25,29-30H,16-20,33H2,1-2H3;2*1H3,(H,2,3,4)/t29-,32+,35+;25-,29+,30+;;/m11../s1. The van der Waals surface area contributed by atoms with Gasteiger partial charge in [-0.05, 0) is 139 Å². The van der Waals surface area contributed by atoms with Crippen LogP contribution in [0.2, 0.25) is 0 Å². The molecule has 6 aromatic rings. The Bertz CT molecular complexity index is 4050. The Morgan fingerprint density at radius 2 is 0.848 bits per heavy atom. The molecular formula is C70H87F2N3O18S6. The number of Topliss-reactive ketones (excluding diaryl/α,β-unsaturated/α-hetero) is 2. The number of hydrogen-bond donors (Lipinski definition) is 3. The molecule has 2 aliphatic heterocycles.